The van der Waals surface area contributed by atoms with Gasteiger partial charge in [0.1, 0.15) is 6.04 Å². The molecule has 7 heteroatoms. The summed E-state index contributed by atoms with van der Waals surface area (Å²) in [7, 11) is 0. The molecule has 0 saturated carbocycles. The van der Waals surface area contributed by atoms with E-state index in [9.17, 15) is 14.7 Å². The third kappa shape index (κ3) is 2.98. The minimum absolute atomic E-state index is 0.0791. The van der Waals surface area contributed by atoms with E-state index in [4.69, 9.17) is 10.2 Å². The number of aliphatic hydroxyl groups excluding tert-OH is 2. The van der Waals surface area contributed by atoms with Gasteiger partial charge in [0.25, 0.3) is 0 Å². The van der Waals surface area contributed by atoms with Gasteiger partial charge in [0.2, 0.25) is 0 Å². The molecule has 7 nitrogen and oxygen atoms in total. The second kappa shape index (κ2) is 5.75. The average Bonchev–Trinajstić information content (AvgIpc) is 2.80. The lowest BCUT2D eigenvalue weighted by Crippen LogP contribution is -2.50. The highest BCUT2D eigenvalue weighted by atomic mass is 16.4. The molecule has 0 spiro atoms. The summed E-state index contributed by atoms with van der Waals surface area (Å²) in [6.45, 7) is 1.27. The number of hydrogen-bond acceptors (Lipinski definition) is 4. The van der Waals surface area contributed by atoms with E-state index in [0.717, 1.165) is 12.8 Å². The Balaban J connectivity index is 1.97. The van der Waals surface area contributed by atoms with Crippen LogP contribution in [0, 0.1) is 5.92 Å². The predicted octanol–water partition coefficient (Wildman–Crippen LogP) is -0.669. The van der Waals surface area contributed by atoms with Crippen molar-refractivity contribution in [3.8, 4) is 0 Å². The van der Waals surface area contributed by atoms with Crippen LogP contribution in [-0.4, -0.2) is 75.5 Å². The van der Waals surface area contributed by atoms with E-state index in [2.05, 4.69) is 0 Å². The molecule has 2 fully saturated rings. The molecule has 0 aliphatic carbocycles. The second-order valence-electron chi connectivity index (χ2n) is 5.29. The molecule has 19 heavy (non-hydrogen) atoms. The fraction of sp³-hybridized carbons (Fsp3) is 0.833. The minimum Gasteiger partial charge on any atom is -0.480 e. The molecule has 0 aromatic rings. The van der Waals surface area contributed by atoms with Gasteiger partial charge in [0, 0.05) is 32.7 Å². The zero-order valence-electron chi connectivity index (χ0n) is 10.7. The SMILES string of the molecule is O=C(O)[C@@H]1CC(O)CN1C(=O)N1CCC(CO)CC1. The van der Waals surface area contributed by atoms with Crippen LogP contribution in [0.1, 0.15) is 19.3 Å². The van der Waals surface area contributed by atoms with Crippen LogP contribution in [0.4, 0.5) is 4.79 Å². The summed E-state index contributed by atoms with van der Waals surface area (Å²) in [6.07, 6.45) is 0.793. The number of hydrogen-bond donors (Lipinski definition) is 3. The van der Waals surface area contributed by atoms with Crippen LogP contribution in [0.5, 0.6) is 0 Å². The Hall–Kier alpha value is -1.34. The third-order valence-corrected chi connectivity index (χ3v) is 3.95. The van der Waals surface area contributed by atoms with Crippen LogP contribution in [0.2, 0.25) is 0 Å². The molecule has 0 radical (unpaired) electrons. The topological polar surface area (TPSA) is 101 Å². The molecule has 0 aromatic heterocycles. The third-order valence-electron chi connectivity index (χ3n) is 3.95. The maximum absolute atomic E-state index is 12.3. The highest BCUT2D eigenvalue weighted by Crippen LogP contribution is 2.23. The molecule has 2 aliphatic heterocycles. The first-order valence-electron chi connectivity index (χ1n) is 6.60. The van der Waals surface area contributed by atoms with E-state index < -0.39 is 18.1 Å². The monoisotopic (exact) mass is 272 g/mol. The zero-order valence-corrected chi connectivity index (χ0v) is 10.7. The number of aliphatic hydroxyl groups is 2. The van der Waals surface area contributed by atoms with Gasteiger partial charge >= 0.3 is 12.0 Å². The quantitative estimate of drug-likeness (QED) is 0.619. The summed E-state index contributed by atoms with van der Waals surface area (Å²) in [5, 5.41) is 27.7. The first kappa shape index (κ1) is 14.1. The van der Waals surface area contributed by atoms with Gasteiger partial charge in [0.05, 0.1) is 6.10 Å². The van der Waals surface area contributed by atoms with Crippen molar-refractivity contribution in [1.29, 1.82) is 0 Å². The van der Waals surface area contributed by atoms with Crippen LogP contribution in [0.15, 0.2) is 0 Å². The molecule has 0 bridgehead atoms. The molecule has 2 atom stereocenters. The maximum atomic E-state index is 12.3. The highest BCUT2D eigenvalue weighted by Gasteiger charge is 2.41. The smallest absolute Gasteiger partial charge is 0.326 e. The number of piperidine rings is 1. The fourth-order valence-corrected chi connectivity index (χ4v) is 2.75. The van der Waals surface area contributed by atoms with Crippen molar-refractivity contribution in [3.05, 3.63) is 0 Å². The standard InChI is InChI=1S/C12H20N2O5/c15-7-8-1-3-13(4-2-8)12(19)14-6-9(16)5-10(14)11(17)18/h8-10,15-16H,1-7H2,(H,17,18)/t9?,10-/m0/s1. The molecule has 1 unspecified atom stereocenters. The number of urea groups is 1. The summed E-state index contributed by atoms with van der Waals surface area (Å²) in [6, 6.07) is -1.25. The lowest BCUT2D eigenvalue weighted by atomic mass is 9.98. The molecular formula is C12H20N2O5. The Kier molecular flexibility index (Phi) is 4.26. The van der Waals surface area contributed by atoms with Gasteiger partial charge in [0.15, 0.2) is 0 Å². The van der Waals surface area contributed by atoms with E-state index in [0.29, 0.717) is 13.1 Å². The maximum Gasteiger partial charge on any atom is 0.326 e. The van der Waals surface area contributed by atoms with Crippen molar-refractivity contribution >= 4 is 12.0 Å². The van der Waals surface area contributed by atoms with Crippen LogP contribution >= 0.6 is 0 Å². The molecule has 0 aromatic carbocycles. The van der Waals surface area contributed by atoms with Gasteiger partial charge in [-0.2, -0.15) is 0 Å². The van der Waals surface area contributed by atoms with E-state index in [1.54, 1.807) is 4.90 Å². The summed E-state index contributed by atoms with van der Waals surface area (Å²) in [4.78, 5) is 26.2. The van der Waals surface area contributed by atoms with E-state index >= 15 is 0 Å². The van der Waals surface area contributed by atoms with Crippen molar-refractivity contribution < 1.29 is 24.9 Å². The summed E-state index contributed by atoms with van der Waals surface area (Å²) in [5.74, 6) is -0.848. The van der Waals surface area contributed by atoms with Crippen LogP contribution in [0.25, 0.3) is 0 Å². The van der Waals surface area contributed by atoms with Gasteiger partial charge in [-0.05, 0) is 18.8 Å². The lowest BCUT2D eigenvalue weighted by Gasteiger charge is -2.35. The average molecular weight is 272 g/mol. The number of amides is 2. The molecule has 2 amide bonds. The minimum atomic E-state index is -1.07. The summed E-state index contributed by atoms with van der Waals surface area (Å²) < 4.78 is 0. The van der Waals surface area contributed by atoms with Gasteiger partial charge < -0.3 is 25.1 Å². The number of β-amino-alcohol motifs (C(OH)–C–C–N with tert-alkyl or cyclic N) is 1. The second-order valence-corrected chi connectivity index (χ2v) is 5.29. The largest absolute Gasteiger partial charge is 0.480 e. The highest BCUT2D eigenvalue weighted by molar-refractivity contribution is 5.83. The Labute approximate surface area is 111 Å². The molecule has 2 rings (SSSR count). The predicted molar refractivity (Wildman–Crippen MR) is 65.5 cm³/mol. The van der Waals surface area contributed by atoms with Gasteiger partial charge in [-0.25, -0.2) is 9.59 Å². The number of rotatable bonds is 2. The van der Waals surface area contributed by atoms with Crippen LogP contribution in [-0.2, 0) is 4.79 Å². The van der Waals surface area contributed by atoms with E-state index in [-0.39, 0.29) is 31.5 Å². The van der Waals surface area contributed by atoms with Gasteiger partial charge in [-0.3, -0.25) is 0 Å². The zero-order chi connectivity index (χ0) is 14.0. The Morgan fingerprint density at radius 3 is 2.37 bits per heavy atom. The number of carbonyl (C=O) groups excluding carboxylic acids is 1. The number of aliphatic carboxylic acids is 1. The Morgan fingerprint density at radius 1 is 1.21 bits per heavy atom. The van der Waals surface area contributed by atoms with Gasteiger partial charge in [-0.15, -0.1) is 0 Å². The van der Waals surface area contributed by atoms with Crippen molar-refractivity contribution in [1.82, 2.24) is 9.80 Å². The number of carbonyl (C=O) groups is 2. The van der Waals surface area contributed by atoms with Crippen LogP contribution in [0.3, 0.4) is 0 Å². The number of carboxylic acids is 1. The summed E-state index contributed by atoms with van der Waals surface area (Å²) in [5.41, 5.74) is 0. The lowest BCUT2D eigenvalue weighted by molar-refractivity contribution is -0.141. The number of nitrogens with zero attached hydrogens (tertiary/aromatic N) is 2. The van der Waals surface area contributed by atoms with E-state index in [1.807, 2.05) is 0 Å². The fourth-order valence-electron chi connectivity index (χ4n) is 2.75. The number of likely N-dealkylation sites (tertiary alicyclic amines) is 2. The number of carboxylic acid groups (broad SMARTS) is 1. The first-order valence-corrected chi connectivity index (χ1v) is 6.60. The molecule has 2 saturated heterocycles. The van der Waals surface area contributed by atoms with Crippen molar-refractivity contribution in [2.45, 2.75) is 31.4 Å². The molecule has 2 aliphatic rings. The van der Waals surface area contributed by atoms with Crippen molar-refractivity contribution in [3.63, 3.8) is 0 Å². The van der Waals surface area contributed by atoms with Crippen molar-refractivity contribution in [2.75, 3.05) is 26.2 Å². The first-order chi connectivity index (χ1) is 9.02. The van der Waals surface area contributed by atoms with Crippen LogP contribution < -0.4 is 0 Å². The Morgan fingerprint density at radius 2 is 1.84 bits per heavy atom. The van der Waals surface area contributed by atoms with Gasteiger partial charge in [-0.1, -0.05) is 0 Å². The normalized spacial score (nSPS) is 28.7. The molecule has 2 heterocycles. The van der Waals surface area contributed by atoms with E-state index in [1.165, 1.54) is 4.90 Å². The van der Waals surface area contributed by atoms with Crippen molar-refractivity contribution in [2.24, 2.45) is 5.92 Å². The Bertz CT molecular complexity index is 354. The molecule has 108 valence electrons. The molecular weight excluding hydrogens is 252 g/mol. The summed E-state index contributed by atoms with van der Waals surface area (Å²) >= 11 is 0. The molecule has 3 N–H and O–H groups in total.